The molecule has 0 amide bonds. The van der Waals surface area contributed by atoms with E-state index in [9.17, 15) is 0 Å². The van der Waals surface area contributed by atoms with Crippen LogP contribution in [0.15, 0.2) is 72.8 Å². The first-order valence-corrected chi connectivity index (χ1v) is 12.3. The van der Waals surface area contributed by atoms with Gasteiger partial charge in [0.2, 0.25) is 0 Å². The van der Waals surface area contributed by atoms with Gasteiger partial charge in [0.05, 0.1) is 28.4 Å². The van der Waals surface area contributed by atoms with Gasteiger partial charge in [-0.05, 0) is 88.3 Å². The number of hydrogen-bond donors (Lipinski definition) is 2. The first-order valence-electron chi connectivity index (χ1n) is 12.3. The Balaban J connectivity index is 1.24. The molecule has 0 saturated carbocycles. The van der Waals surface area contributed by atoms with Crippen molar-refractivity contribution in [3.05, 3.63) is 95.1 Å². The van der Waals surface area contributed by atoms with Crippen LogP contribution in [-0.2, 0) is 19.5 Å². The summed E-state index contributed by atoms with van der Waals surface area (Å²) in [5.41, 5.74) is 9.75. The predicted molar refractivity (Wildman–Crippen MR) is 148 cm³/mol. The molecule has 0 fully saturated rings. The molecule has 6 nitrogen and oxygen atoms in total. The minimum absolute atomic E-state index is 0.705. The van der Waals surface area contributed by atoms with Gasteiger partial charge in [0.25, 0.3) is 0 Å². The Hall–Kier alpha value is -4.32. The molecule has 4 aromatic carbocycles. The number of ether oxygens (including phenoxy) is 4. The van der Waals surface area contributed by atoms with Crippen LogP contribution >= 0.6 is 0 Å². The summed E-state index contributed by atoms with van der Waals surface area (Å²) in [5, 5.41) is 7.09. The Morgan fingerprint density at radius 3 is 1.35 bits per heavy atom. The lowest BCUT2D eigenvalue weighted by atomic mass is 10.0. The summed E-state index contributed by atoms with van der Waals surface area (Å²) in [4.78, 5) is 0. The number of rotatable bonds is 10. The van der Waals surface area contributed by atoms with Gasteiger partial charge < -0.3 is 29.6 Å². The van der Waals surface area contributed by atoms with E-state index in [1.165, 1.54) is 22.3 Å². The van der Waals surface area contributed by atoms with E-state index in [-0.39, 0.29) is 0 Å². The van der Waals surface area contributed by atoms with Crippen molar-refractivity contribution in [2.75, 3.05) is 39.1 Å². The fourth-order valence-electron chi connectivity index (χ4n) is 4.82. The SMILES string of the molecule is COc1ccc(CNc2ccc3c(c2)Cc2cc(NCc4ccc(OC)c(OC)c4)ccc2-3)cc1OC. The van der Waals surface area contributed by atoms with E-state index in [1.54, 1.807) is 28.4 Å². The molecule has 37 heavy (non-hydrogen) atoms. The van der Waals surface area contributed by atoms with Gasteiger partial charge in [-0.1, -0.05) is 24.3 Å². The Labute approximate surface area is 218 Å². The minimum atomic E-state index is 0.705. The molecule has 0 atom stereocenters. The second-order valence-corrected chi connectivity index (χ2v) is 9.01. The standard InChI is InChI=1S/C31H32N2O4/c1-34-28-11-5-20(13-30(28)36-3)18-32-24-7-9-26-22(16-24)15-23-17-25(8-10-27(23)26)33-19-21-6-12-29(35-2)31(14-21)37-4/h5-14,16-17,32-33H,15,18-19H2,1-4H3. The predicted octanol–water partition coefficient (Wildman–Crippen LogP) is 6.52. The molecule has 0 radical (unpaired) electrons. The Bertz CT molecular complexity index is 1310. The van der Waals surface area contributed by atoms with Crippen molar-refractivity contribution in [1.82, 2.24) is 0 Å². The summed E-state index contributed by atoms with van der Waals surface area (Å²) in [7, 11) is 6.61. The highest BCUT2D eigenvalue weighted by Crippen LogP contribution is 2.39. The van der Waals surface area contributed by atoms with Gasteiger partial charge in [0.15, 0.2) is 23.0 Å². The van der Waals surface area contributed by atoms with Crippen LogP contribution in [0.2, 0.25) is 0 Å². The smallest absolute Gasteiger partial charge is 0.161 e. The maximum absolute atomic E-state index is 5.43. The molecule has 4 aromatic rings. The van der Waals surface area contributed by atoms with Crippen molar-refractivity contribution in [3.63, 3.8) is 0 Å². The lowest BCUT2D eigenvalue weighted by Crippen LogP contribution is -2.01. The zero-order chi connectivity index (χ0) is 25.8. The zero-order valence-electron chi connectivity index (χ0n) is 21.7. The van der Waals surface area contributed by atoms with Crippen molar-refractivity contribution in [1.29, 1.82) is 0 Å². The van der Waals surface area contributed by atoms with E-state index in [4.69, 9.17) is 18.9 Å². The van der Waals surface area contributed by atoms with Crippen LogP contribution in [0.25, 0.3) is 11.1 Å². The summed E-state index contributed by atoms with van der Waals surface area (Å²) in [5.74, 6) is 2.95. The van der Waals surface area contributed by atoms with Crippen molar-refractivity contribution in [2.24, 2.45) is 0 Å². The first-order chi connectivity index (χ1) is 18.1. The molecule has 0 saturated heterocycles. The van der Waals surface area contributed by atoms with E-state index in [0.717, 1.165) is 51.9 Å². The summed E-state index contributed by atoms with van der Waals surface area (Å²) >= 11 is 0. The highest BCUT2D eigenvalue weighted by molar-refractivity contribution is 5.80. The van der Waals surface area contributed by atoms with Gasteiger partial charge in [0, 0.05) is 24.5 Å². The summed E-state index contributed by atoms with van der Waals surface area (Å²) in [6.07, 6.45) is 0.919. The van der Waals surface area contributed by atoms with Gasteiger partial charge in [-0.2, -0.15) is 0 Å². The molecule has 6 heteroatoms. The second-order valence-electron chi connectivity index (χ2n) is 9.01. The summed E-state index contributed by atoms with van der Waals surface area (Å²) in [6, 6.07) is 25.2. The average Bonchev–Trinajstić information content (AvgIpc) is 3.31. The van der Waals surface area contributed by atoms with Crippen LogP contribution in [-0.4, -0.2) is 28.4 Å². The molecule has 0 heterocycles. The van der Waals surface area contributed by atoms with Crippen molar-refractivity contribution >= 4 is 11.4 Å². The van der Waals surface area contributed by atoms with Crippen LogP contribution in [0.3, 0.4) is 0 Å². The van der Waals surface area contributed by atoms with Gasteiger partial charge in [-0.15, -0.1) is 0 Å². The molecular formula is C31H32N2O4. The molecule has 0 aliphatic heterocycles. The molecular weight excluding hydrogens is 464 g/mol. The highest BCUT2D eigenvalue weighted by atomic mass is 16.5. The Kier molecular flexibility index (Phi) is 7.08. The molecule has 0 spiro atoms. The van der Waals surface area contributed by atoms with Crippen molar-refractivity contribution in [3.8, 4) is 34.1 Å². The number of nitrogens with one attached hydrogen (secondary N) is 2. The van der Waals surface area contributed by atoms with Gasteiger partial charge >= 0.3 is 0 Å². The minimum Gasteiger partial charge on any atom is -0.493 e. The Morgan fingerprint density at radius 2 is 0.946 bits per heavy atom. The molecule has 1 aliphatic rings. The summed E-state index contributed by atoms with van der Waals surface area (Å²) in [6.45, 7) is 1.41. The topological polar surface area (TPSA) is 61.0 Å². The molecule has 0 bridgehead atoms. The van der Waals surface area contributed by atoms with Crippen LogP contribution in [0.1, 0.15) is 22.3 Å². The molecule has 0 unspecified atom stereocenters. The van der Waals surface area contributed by atoms with Crippen LogP contribution in [0, 0.1) is 0 Å². The number of fused-ring (bicyclic) bond motifs is 3. The fraction of sp³-hybridized carbons (Fsp3) is 0.226. The largest absolute Gasteiger partial charge is 0.493 e. The van der Waals surface area contributed by atoms with Crippen LogP contribution < -0.4 is 29.6 Å². The highest BCUT2D eigenvalue weighted by Gasteiger charge is 2.19. The van der Waals surface area contributed by atoms with E-state index >= 15 is 0 Å². The van der Waals surface area contributed by atoms with Gasteiger partial charge in [-0.3, -0.25) is 0 Å². The maximum atomic E-state index is 5.43. The third-order valence-corrected chi connectivity index (χ3v) is 6.77. The Morgan fingerprint density at radius 1 is 0.514 bits per heavy atom. The van der Waals surface area contributed by atoms with E-state index < -0.39 is 0 Å². The molecule has 2 N–H and O–H groups in total. The monoisotopic (exact) mass is 496 g/mol. The average molecular weight is 497 g/mol. The van der Waals surface area contributed by atoms with Crippen LogP contribution in [0.5, 0.6) is 23.0 Å². The van der Waals surface area contributed by atoms with Gasteiger partial charge in [0.1, 0.15) is 0 Å². The maximum Gasteiger partial charge on any atom is 0.161 e. The second kappa shape index (κ2) is 10.7. The molecule has 190 valence electrons. The first kappa shape index (κ1) is 24.4. The number of anilines is 2. The molecule has 5 rings (SSSR count). The normalized spacial score (nSPS) is 11.4. The van der Waals surface area contributed by atoms with Crippen molar-refractivity contribution < 1.29 is 18.9 Å². The third-order valence-electron chi connectivity index (χ3n) is 6.77. The quantitative estimate of drug-likeness (QED) is 0.230. The number of benzene rings is 4. The van der Waals surface area contributed by atoms with E-state index in [1.807, 2.05) is 36.4 Å². The van der Waals surface area contributed by atoms with Gasteiger partial charge in [-0.25, -0.2) is 0 Å². The molecule has 0 aromatic heterocycles. The lowest BCUT2D eigenvalue weighted by molar-refractivity contribution is 0.354. The lowest BCUT2D eigenvalue weighted by Gasteiger charge is -2.12. The number of methoxy groups -OCH3 is 4. The van der Waals surface area contributed by atoms with E-state index in [0.29, 0.717) is 13.1 Å². The van der Waals surface area contributed by atoms with Crippen molar-refractivity contribution in [2.45, 2.75) is 19.5 Å². The van der Waals surface area contributed by atoms with Crippen LogP contribution in [0.4, 0.5) is 11.4 Å². The molecule has 1 aliphatic carbocycles. The third kappa shape index (κ3) is 5.14. The fourth-order valence-corrected chi connectivity index (χ4v) is 4.82. The van der Waals surface area contributed by atoms with E-state index in [2.05, 4.69) is 47.0 Å². The zero-order valence-corrected chi connectivity index (χ0v) is 21.7. The number of hydrogen-bond acceptors (Lipinski definition) is 6. The summed E-state index contributed by atoms with van der Waals surface area (Å²) < 4.78 is 21.5.